The maximum atomic E-state index is 10.7. The molecule has 1 atom stereocenters. The molecule has 0 radical (unpaired) electrons. The highest BCUT2D eigenvalue weighted by atomic mass is 35.5. The van der Waals surface area contributed by atoms with Gasteiger partial charge in [-0.05, 0) is 25.8 Å². The van der Waals surface area contributed by atoms with E-state index in [1.807, 2.05) is 0 Å². The van der Waals surface area contributed by atoms with Gasteiger partial charge in [0.05, 0.1) is 20.7 Å². The molecule has 5 nitrogen and oxygen atoms in total. The van der Waals surface area contributed by atoms with E-state index in [-0.39, 0.29) is 15.7 Å². The van der Waals surface area contributed by atoms with Crippen molar-refractivity contribution in [2.45, 2.75) is 25.3 Å². The van der Waals surface area contributed by atoms with E-state index in [1.165, 1.54) is 25.0 Å². The second-order valence-electron chi connectivity index (χ2n) is 4.55. The summed E-state index contributed by atoms with van der Waals surface area (Å²) in [5.41, 5.74) is 0.463. The van der Waals surface area contributed by atoms with E-state index in [0.717, 1.165) is 19.5 Å². The highest BCUT2D eigenvalue weighted by Gasteiger charge is 2.16. The number of halogens is 2. The molecule has 0 amide bonds. The predicted molar refractivity (Wildman–Crippen MR) is 77.2 cm³/mol. The van der Waals surface area contributed by atoms with Crippen LogP contribution in [0.2, 0.25) is 10.0 Å². The summed E-state index contributed by atoms with van der Waals surface area (Å²) in [4.78, 5) is 10.2. The van der Waals surface area contributed by atoms with Crippen molar-refractivity contribution < 1.29 is 4.92 Å². The average molecular weight is 304 g/mol. The third-order valence-corrected chi connectivity index (χ3v) is 3.79. The van der Waals surface area contributed by atoms with Gasteiger partial charge in [0, 0.05) is 24.7 Å². The zero-order chi connectivity index (χ0) is 13.8. The maximum Gasteiger partial charge on any atom is 0.272 e. The predicted octanol–water partition coefficient (Wildman–Crippen LogP) is 3.46. The van der Waals surface area contributed by atoms with Crippen LogP contribution in [0, 0.1) is 10.1 Å². The zero-order valence-corrected chi connectivity index (χ0v) is 11.8. The Kier molecular flexibility index (Phi) is 4.85. The van der Waals surface area contributed by atoms with E-state index < -0.39 is 4.92 Å². The molecule has 7 heteroatoms. The van der Waals surface area contributed by atoms with Gasteiger partial charge in [0.1, 0.15) is 0 Å². The number of non-ortho nitro benzene ring substituents is 1. The van der Waals surface area contributed by atoms with E-state index >= 15 is 0 Å². The molecule has 1 aliphatic heterocycles. The van der Waals surface area contributed by atoms with Crippen LogP contribution in [0.5, 0.6) is 0 Å². The van der Waals surface area contributed by atoms with Gasteiger partial charge in [-0.3, -0.25) is 10.1 Å². The van der Waals surface area contributed by atoms with Crippen LogP contribution in [0.25, 0.3) is 0 Å². The molecule has 0 bridgehead atoms. The number of rotatable bonds is 5. The fourth-order valence-electron chi connectivity index (χ4n) is 2.21. The fraction of sp³-hybridized carbons (Fsp3) is 0.500. The molecule has 1 aromatic carbocycles. The molecule has 0 aromatic heterocycles. The Bertz CT molecular complexity index is 453. The number of nitro benzene ring substituents is 1. The van der Waals surface area contributed by atoms with Gasteiger partial charge in [-0.15, -0.1) is 0 Å². The number of hydrogen-bond donors (Lipinski definition) is 2. The number of benzene rings is 1. The Hall–Kier alpha value is -1.04. The minimum absolute atomic E-state index is 0.0991. The molecule has 1 aromatic rings. The molecule has 0 aliphatic carbocycles. The number of nitro groups is 1. The second kappa shape index (κ2) is 6.41. The lowest BCUT2D eigenvalue weighted by Crippen LogP contribution is -2.24. The Morgan fingerprint density at radius 3 is 2.63 bits per heavy atom. The topological polar surface area (TPSA) is 67.2 Å². The summed E-state index contributed by atoms with van der Waals surface area (Å²) in [6, 6.07) is 3.15. The first kappa shape index (κ1) is 14.4. The summed E-state index contributed by atoms with van der Waals surface area (Å²) in [6.45, 7) is 1.80. The van der Waals surface area contributed by atoms with Crippen molar-refractivity contribution in [3.05, 3.63) is 32.3 Å². The van der Waals surface area contributed by atoms with Gasteiger partial charge >= 0.3 is 0 Å². The summed E-state index contributed by atoms with van der Waals surface area (Å²) in [5, 5.41) is 17.8. The first-order valence-corrected chi connectivity index (χ1v) is 6.94. The SMILES string of the molecule is O=[N+]([O-])c1cc(Cl)c(NCC[C@H]2CCCN2)c(Cl)c1. The van der Waals surface area contributed by atoms with Crippen molar-refractivity contribution in [2.75, 3.05) is 18.4 Å². The Morgan fingerprint density at radius 1 is 1.42 bits per heavy atom. The standard InChI is InChI=1S/C12H15Cl2N3O2/c13-10-6-9(17(18)19)7-11(14)12(10)16-5-3-8-2-1-4-15-8/h6-8,15-16H,1-5H2/t8-/m1/s1. The molecule has 0 unspecified atom stereocenters. The smallest absolute Gasteiger partial charge is 0.272 e. The van der Waals surface area contributed by atoms with Gasteiger partial charge < -0.3 is 10.6 Å². The van der Waals surface area contributed by atoms with E-state index in [2.05, 4.69) is 10.6 Å². The van der Waals surface area contributed by atoms with Gasteiger partial charge in [-0.2, -0.15) is 0 Å². The summed E-state index contributed by atoms with van der Waals surface area (Å²) in [7, 11) is 0. The number of nitrogens with one attached hydrogen (secondary N) is 2. The monoisotopic (exact) mass is 303 g/mol. The van der Waals surface area contributed by atoms with Crippen LogP contribution >= 0.6 is 23.2 Å². The summed E-state index contributed by atoms with van der Waals surface area (Å²) >= 11 is 12.0. The third-order valence-electron chi connectivity index (χ3n) is 3.19. The Labute approximate surface area is 121 Å². The van der Waals surface area contributed by atoms with Gasteiger partial charge in [0.25, 0.3) is 5.69 Å². The van der Waals surface area contributed by atoms with Crippen molar-refractivity contribution in [3.8, 4) is 0 Å². The normalized spacial score (nSPS) is 18.5. The van der Waals surface area contributed by atoms with Gasteiger partial charge in [0.2, 0.25) is 0 Å². The van der Waals surface area contributed by atoms with Gasteiger partial charge in [-0.1, -0.05) is 23.2 Å². The van der Waals surface area contributed by atoms with Crippen LogP contribution in [0.3, 0.4) is 0 Å². The minimum atomic E-state index is -0.510. The van der Waals surface area contributed by atoms with Crippen LogP contribution in [-0.4, -0.2) is 24.1 Å². The number of hydrogen-bond acceptors (Lipinski definition) is 4. The average Bonchev–Trinajstić information content (AvgIpc) is 2.85. The molecular formula is C12H15Cl2N3O2. The molecule has 2 N–H and O–H groups in total. The molecule has 0 spiro atoms. The zero-order valence-electron chi connectivity index (χ0n) is 10.3. The van der Waals surface area contributed by atoms with Crippen molar-refractivity contribution in [1.82, 2.24) is 5.32 Å². The third kappa shape index (κ3) is 3.72. The lowest BCUT2D eigenvalue weighted by molar-refractivity contribution is -0.384. The van der Waals surface area contributed by atoms with E-state index in [0.29, 0.717) is 11.7 Å². The van der Waals surface area contributed by atoms with E-state index in [1.54, 1.807) is 0 Å². The summed E-state index contributed by atoms with van der Waals surface area (Å²) in [5.74, 6) is 0. The maximum absolute atomic E-state index is 10.7. The van der Waals surface area contributed by atoms with Crippen molar-refractivity contribution >= 4 is 34.6 Å². The molecule has 1 aliphatic rings. The lowest BCUT2D eigenvalue weighted by atomic mass is 10.1. The van der Waals surface area contributed by atoms with E-state index in [9.17, 15) is 10.1 Å². The number of nitrogens with zero attached hydrogens (tertiary/aromatic N) is 1. The van der Waals surface area contributed by atoms with Crippen LogP contribution < -0.4 is 10.6 Å². The van der Waals surface area contributed by atoms with Gasteiger partial charge in [-0.25, -0.2) is 0 Å². The highest BCUT2D eigenvalue weighted by molar-refractivity contribution is 6.39. The Balaban J connectivity index is 1.97. The molecule has 19 heavy (non-hydrogen) atoms. The van der Waals surface area contributed by atoms with Crippen molar-refractivity contribution in [1.29, 1.82) is 0 Å². The van der Waals surface area contributed by atoms with Crippen LogP contribution in [-0.2, 0) is 0 Å². The van der Waals surface area contributed by atoms with Crippen molar-refractivity contribution in [2.24, 2.45) is 0 Å². The summed E-state index contributed by atoms with van der Waals surface area (Å²) in [6.07, 6.45) is 3.37. The Morgan fingerprint density at radius 2 is 2.11 bits per heavy atom. The molecular weight excluding hydrogens is 289 g/mol. The van der Waals surface area contributed by atoms with Gasteiger partial charge in [0.15, 0.2) is 0 Å². The minimum Gasteiger partial charge on any atom is -0.383 e. The highest BCUT2D eigenvalue weighted by Crippen LogP contribution is 2.34. The molecule has 104 valence electrons. The van der Waals surface area contributed by atoms with Crippen LogP contribution in [0.1, 0.15) is 19.3 Å². The molecule has 0 saturated carbocycles. The first-order valence-electron chi connectivity index (χ1n) is 6.18. The second-order valence-corrected chi connectivity index (χ2v) is 5.36. The van der Waals surface area contributed by atoms with Crippen molar-refractivity contribution in [3.63, 3.8) is 0 Å². The van der Waals surface area contributed by atoms with E-state index in [4.69, 9.17) is 23.2 Å². The first-order chi connectivity index (χ1) is 9.08. The lowest BCUT2D eigenvalue weighted by Gasteiger charge is -2.13. The molecule has 1 fully saturated rings. The summed E-state index contributed by atoms with van der Waals surface area (Å²) < 4.78 is 0. The van der Waals surface area contributed by atoms with Crippen LogP contribution in [0.4, 0.5) is 11.4 Å². The number of anilines is 1. The molecule has 1 heterocycles. The molecule has 1 saturated heterocycles. The van der Waals surface area contributed by atoms with Crippen LogP contribution in [0.15, 0.2) is 12.1 Å². The fourth-order valence-corrected chi connectivity index (χ4v) is 2.82. The molecule has 2 rings (SSSR count). The largest absolute Gasteiger partial charge is 0.383 e. The quantitative estimate of drug-likeness (QED) is 0.646.